The smallest absolute Gasteiger partial charge is 0.308 e. The molecule has 0 aromatic heterocycles. The molecule has 1 aromatic carbocycles. The number of carbonyl (C=O) groups excluding carboxylic acids is 2. The van der Waals surface area contributed by atoms with Gasteiger partial charge in [-0.2, -0.15) is 0 Å². The number of para-hydroxylation sites is 1. The summed E-state index contributed by atoms with van der Waals surface area (Å²) in [5, 5.41) is 11.6. The number of anilines is 1. The third-order valence-electron chi connectivity index (χ3n) is 3.24. The Morgan fingerprint density at radius 1 is 1.30 bits per heavy atom. The fourth-order valence-electron chi connectivity index (χ4n) is 2.16. The number of aliphatic carboxylic acids is 1. The Morgan fingerprint density at radius 3 is 2.65 bits per heavy atom. The van der Waals surface area contributed by atoms with Crippen LogP contribution < -0.4 is 5.32 Å². The minimum absolute atomic E-state index is 0.0936. The lowest BCUT2D eigenvalue weighted by atomic mass is 9.98. The highest BCUT2D eigenvalue weighted by Gasteiger charge is 2.30. The molecular formula is C14H16N2O4. The number of nitrogens with zero attached hydrogens (tertiary/aromatic N) is 1. The quantitative estimate of drug-likeness (QED) is 0.857. The van der Waals surface area contributed by atoms with Crippen LogP contribution in [0, 0.1) is 5.92 Å². The zero-order valence-corrected chi connectivity index (χ0v) is 10.9. The number of rotatable bonds is 4. The van der Waals surface area contributed by atoms with Crippen molar-refractivity contribution in [3.63, 3.8) is 0 Å². The number of carbonyl (C=O) groups is 3. The van der Waals surface area contributed by atoms with Crippen molar-refractivity contribution in [2.75, 3.05) is 18.4 Å². The van der Waals surface area contributed by atoms with Crippen LogP contribution in [0.25, 0.3) is 0 Å². The van der Waals surface area contributed by atoms with E-state index >= 15 is 0 Å². The first-order valence-corrected chi connectivity index (χ1v) is 6.42. The molecule has 2 N–H and O–H groups in total. The van der Waals surface area contributed by atoms with E-state index in [0.29, 0.717) is 12.1 Å². The van der Waals surface area contributed by atoms with Crippen molar-refractivity contribution in [1.82, 2.24) is 4.90 Å². The summed E-state index contributed by atoms with van der Waals surface area (Å²) in [6.45, 7) is -0.0200. The van der Waals surface area contributed by atoms with E-state index in [9.17, 15) is 14.4 Å². The highest BCUT2D eigenvalue weighted by molar-refractivity contribution is 5.94. The molecule has 0 bridgehead atoms. The number of likely N-dealkylation sites (tertiary alicyclic amines) is 1. The maximum absolute atomic E-state index is 11.9. The first kappa shape index (κ1) is 14.0. The maximum Gasteiger partial charge on any atom is 0.308 e. The normalized spacial score (nSPS) is 18.7. The predicted octanol–water partition coefficient (Wildman–Crippen LogP) is 0.948. The van der Waals surface area contributed by atoms with Crippen molar-refractivity contribution in [3.05, 3.63) is 30.3 Å². The molecule has 1 heterocycles. The minimum Gasteiger partial charge on any atom is -0.481 e. The number of piperidine rings is 1. The molecule has 2 rings (SSSR count). The molecule has 106 valence electrons. The third-order valence-corrected chi connectivity index (χ3v) is 3.24. The molecule has 1 saturated heterocycles. The van der Waals surface area contributed by atoms with Crippen LogP contribution in [-0.4, -0.2) is 40.9 Å². The van der Waals surface area contributed by atoms with E-state index < -0.39 is 11.9 Å². The molecule has 1 aromatic rings. The van der Waals surface area contributed by atoms with E-state index in [2.05, 4.69) is 5.32 Å². The molecular weight excluding hydrogens is 260 g/mol. The molecule has 0 spiro atoms. The minimum atomic E-state index is -0.925. The lowest BCUT2D eigenvalue weighted by Crippen LogP contribution is -2.46. The molecule has 0 aliphatic carbocycles. The van der Waals surface area contributed by atoms with Crippen molar-refractivity contribution < 1.29 is 19.5 Å². The first-order valence-electron chi connectivity index (χ1n) is 6.42. The van der Waals surface area contributed by atoms with Gasteiger partial charge in [0.15, 0.2) is 0 Å². The van der Waals surface area contributed by atoms with Gasteiger partial charge in [0.25, 0.3) is 0 Å². The van der Waals surface area contributed by atoms with Gasteiger partial charge in [-0.15, -0.1) is 0 Å². The van der Waals surface area contributed by atoms with Crippen molar-refractivity contribution in [3.8, 4) is 0 Å². The molecule has 20 heavy (non-hydrogen) atoms. The molecule has 1 aliphatic rings. The van der Waals surface area contributed by atoms with Crippen LogP contribution in [-0.2, 0) is 14.4 Å². The lowest BCUT2D eigenvalue weighted by Gasteiger charge is -2.30. The van der Waals surface area contributed by atoms with E-state index in [1.165, 1.54) is 4.90 Å². The van der Waals surface area contributed by atoms with E-state index in [-0.39, 0.29) is 31.3 Å². The highest BCUT2D eigenvalue weighted by Crippen LogP contribution is 2.17. The first-order chi connectivity index (χ1) is 9.56. The SMILES string of the molecule is O=C(CN1CC(C(=O)O)CCC1=O)Nc1ccccc1. The molecule has 1 atom stereocenters. The van der Waals surface area contributed by atoms with Crippen LogP contribution in [0.1, 0.15) is 12.8 Å². The van der Waals surface area contributed by atoms with E-state index in [0.717, 1.165) is 0 Å². The lowest BCUT2D eigenvalue weighted by molar-refractivity contribution is -0.148. The number of amides is 2. The third kappa shape index (κ3) is 3.57. The van der Waals surface area contributed by atoms with Gasteiger partial charge in [-0.25, -0.2) is 0 Å². The van der Waals surface area contributed by atoms with Crippen LogP contribution in [0.2, 0.25) is 0 Å². The van der Waals surface area contributed by atoms with Gasteiger partial charge >= 0.3 is 5.97 Å². The van der Waals surface area contributed by atoms with Gasteiger partial charge < -0.3 is 15.3 Å². The molecule has 1 fully saturated rings. The molecule has 6 heteroatoms. The molecule has 1 aliphatic heterocycles. The summed E-state index contributed by atoms with van der Waals surface area (Å²) in [7, 11) is 0. The van der Waals surface area contributed by atoms with Gasteiger partial charge in [0, 0.05) is 18.7 Å². The van der Waals surface area contributed by atoms with Gasteiger partial charge in [-0.3, -0.25) is 14.4 Å². The van der Waals surface area contributed by atoms with Gasteiger partial charge in [-0.1, -0.05) is 18.2 Å². The van der Waals surface area contributed by atoms with Crippen molar-refractivity contribution in [1.29, 1.82) is 0 Å². The van der Waals surface area contributed by atoms with Crippen LogP contribution >= 0.6 is 0 Å². The number of hydrogen-bond donors (Lipinski definition) is 2. The zero-order valence-electron chi connectivity index (χ0n) is 10.9. The van der Waals surface area contributed by atoms with Gasteiger partial charge in [0.05, 0.1) is 12.5 Å². The summed E-state index contributed by atoms with van der Waals surface area (Å²) in [6, 6.07) is 8.91. The topological polar surface area (TPSA) is 86.7 Å². The fourth-order valence-corrected chi connectivity index (χ4v) is 2.16. The molecule has 0 saturated carbocycles. The number of benzene rings is 1. The highest BCUT2D eigenvalue weighted by atomic mass is 16.4. The Kier molecular flexibility index (Phi) is 4.34. The van der Waals surface area contributed by atoms with Crippen LogP contribution in [0.4, 0.5) is 5.69 Å². The number of carboxylic acids is 1. The fraction of sp³-hybridized carbons (Fsp3) is 0.357. The van der Waals surface area contributed by atoms with Crippen LogP contribution in [0.5, 0.6) is 0 Å². The second kappa shape index (κ2) is 6.18. The van der Waals surface area contributed by atoms with E-state index in [4.69, 9.17) is 5.11 Å². The predicted molar refractivity (Wildman–Crippen MR) is 72.0 cm³/mol. The Bertz CT molecular complexity index is 515. The summed E-state index contributed by atoms with van der Waals surface area (Å²) in [5.41, 5.74) is 0.650. The summed E-state index contributed by atoms with van der Waals surface area (Å²) in [5.74, 6) is -2.01. The van der Waals surface area contributed by atoms with Crippen LogP contribution in [0.15, 0.2) is 30.3 Å². The Balaban J connectivity index is 1.92. The summed E-state index contributed by atoms with van der Waals surface area (Å²) in [4.78, 5) is 35.8. The zero-order chi connectivity index (χ0) is 14.5. The molecule has 2 amide bonds. The summed E-state index contributed by atoms with van der Waals surface area (Å²) < 4.78 is 0. The van der Waals surface area contributed by atoms with E-state index in [1.54, 1.807) is 24.3 Å². The van der Waals surface area contributed by atoms with Gasteiger partial charge in [0.1, 0.15) is 0 Å². The van der Waals surface area contributed by atoms with E-state index in [1.807, 2.05) is 6.07 Å². The van der Waals surface area contributed by atoms with Gasteiger partial charge in [0.2, 0.25) is 11.8 Å². The summed E-state index contributed by atoms with van der Waals surface area (Å²) >= 11 is 0. The Hall–Kier alpha value is -2.37. The van der Waals surface area contributed by atoms with Crippen molar-refractivity contribution in [2.24, 2.45) is 5.92 Å². The average molecular weight is 276 g/mol. The Labute approximate surface area is 116 Å². The number of hydrogen-bond acceptors (Lipinski definition) is 3. The Morgan fingerprint density at radius 2 is 2.00 bits per heavy atom. The monoisotopic (exact) mass is 276 g/mol. The average Bonchev–Trinajstić information content (AvgIpc) is 2.42. The number of carboxylic acid groups (broad SMARTS) is 1. The second-order valence-electron chi connectivity index (χ2n) is 4.76. The van der Waals surface area contributed by atoms with Gasteiger partial charge in [-0.05, 0) is 18.6 Å². The standard InChI is InChI=1S/C14H16N2O4/c17-12(15-11-4-2-1-3-5-11)9-16-8-10(14(19)20)6-7-13(16)18/h1-5,10H,6-9H2,(H,15,17)(H,19,20). The number of nitrogens with one attached hydrogen (secondary N) is 1. The molecule has 0 radical (unpaired) electrons. The largest absolute Gasteiger partial charge is 0.481 e. The van der Waals surface area contributed by atoms with Crippen molar-refractivity contribution in [2.45, 2.75) is 12.8 Å². The summed E-state index contributed by atoms with van der Waals surface area (Å²) in [6.07, 6.45) is 0.514. The second-order valence-corrected chi connectivity index (χ2v) is 4.76. The molecule has 6 nitrogen and oxygen atoms in total. The maximum atomic E-state index is 11.9. The van der Waals surface area contributed by atoms with Crippen molar-refractivity contribution >= 4 is 23.5 Å². The molecule has 1 unspecified atom stereocenters. The van der Waals surface area contributed by atoms with Crippen LogP contribution in [0.3, 0.4) is 0 Å².